The summed E-state index contributed by atoms with van der Waals surface area (Å²) < 4.78 is 26.7. The highest BCUT2D eigenvalue weighted by Crippen LogP contribution is 2.45. The number of hydrogen-bond acceptors (Lipinski definition) is 3. The van der Waals surface area contributed by atoms with Gasteiger partial charge in [-0.25, -0.2) is 8.78 Å². The largest absolute Gasteiger partial charge is 0.390 e. The van der Waals surface area contributed by atoms with Crippen molar-refractivity contribution in [2.45, 2.75) is 37.8 Å². The van der Waals surface area contributed by atoms with Crippen LogP contribution in [0.2, 0.25) is 0 Å². The summed E-state index contributed by atoms with van der Waals surface area (Å²) in [5, 5.41) is 10.4. The Hall–Kier alpha value is -1.53. The maximum atomic E-state index is 13.3. The molecule has 1 aromatic rings. The van der Waals surface area contributed by atoms with Crippen LogP contribution in [0.5, 0.6) is 0 Å². The SMILES string of the molecule is NC1CCCC2(C1)C(=O)N(c1cc(F)cc(F)c1)CC2O. The number of amides is 1. The maximum absolute atomic E-state index is 13.3. The zero-order chi connectivity index (χ0) is 15.2. The molecule has 3 atom stereocenters. The molecule has 1 aromatic carbocycles. The highest BCUT2D eigenvalue weighted by atomic mass is 19.1. The Morgan fingerprint density at radius 1 is 1.29 bits per heavy atom. The Morgan fingerprint density at radius 2 is 1.95 bits per heavy atom. The van der Waals surface area contributed by atoms with Crippen molar-refractivity contribution in [3.8, 4) is 0 Å². The average molecular weight is 296 g/mol. The molecule has 2 fully saturated rings. The second-order valence-corrected chi connectivity index (χ2v) is 6.07. The van der Waals surface area contributed by atoms with Crippen LogP contribution in [0.3, 0.4) is 0 Å². The normalized spacial score (nSPS) is 33.0. The number of carbonyl (C=O) groups excluding carboxylic acids is 1. The fourth-order valence-electron chi connectivity index (χ4n) is 3.61. The molecule has 4 nitrogen and oxygen atoms in total. The summed E-state index contributed by atoms with van der Waals surface area (Å²) in [7, 11) is 0. The van der Waals surface area contributed by atoms with Gasteiger partial charge in [0.05, 0.1) is 18.1 Å². The van der Waals surface area contributed by atoms with Crippen molar-refractivity contribution in [1.29, 1.82) is 0 Å². The Bertz CT molecular complexity index is 561. The number of aliphatic hydroxyl groups is 1. The number of benzene rings is 1. The fraction of sp³-hybridized carbons (Fsp3) is 0.533. The lowest BCUT2D eigenvalue weighted by atomic mass is 9.70. The summed E-state index contributed by atoms with van der Waals surface area (Å²) in [6.07, 6.45) is 1.73. The van der Waals surface area contributed by atoms with Crippen LogP contribution in [-0.4, -0.2) is 29.7 Å². The third kappa shape index (κ3) is 2.32. The summed E-state index contributed by atoms with van der Waals surface area (Å²) in [4.78, 5) is 14.0. The molecule has 1 saturated heterocycles. The van der Waals surface area contributed by atoms with Gasteiger partial charge in [-0.1, -0.05) is 6.42 Å². The van der Waals surface area contributed by atoms with Crippen LogP contribution < -0.4 is 10.6 Å². The number of β-amino-alcohol motifs (C(OH)–C–C–N with tert-alkyl or cyclic N) is 1. The number of rotatable bonds is 1. The first-order valence-corrected chi connectivity index (χ1v) is 7.14. The quantitative estimate of drug-likeness (QED) is 0.826. The third-order valence-corrected chi connectivity index (χ3v) is 4.65. The molecular weight excluding hydrogens is 278 g/mol. The average Bonchev–Trinajstić information content (AvgIpc) is 2.63. The molecule has 21 heavy (non-hydrogen) atoms. The van der Waals surface area contributed by atoms with Crippen LogP contribution in [0, 0.1) is 17.0 Å². The maximum Gasteiger partial charge on any atom is 0.236 e. The lowest BCUT2D eigenvalue weighted by molar-refractivity contribution is -0.131. The topological polar surface area (TPSA) is 66.6 Å². The molecule has 1 spiro atoms. The molecule has 2 aliphatic rings. The van der Waals surface area contributed by atoms with Crippen molar-refractivity contribution in [1.82, 2.24) is 0 Å². The van der Waals surface area contributed by atoms with Crippen LogP contribution in [0.15, 0.2) is 18.2 Å². The minimum Gasteiger partial charge on any atom is -0.390 e. The van der Waals surface area contributed by atoms with Gasteiger partial charge in [0.1, 0.15) is 11.6 Å². The lowest BCUT2D eigenvalue weighted by Gasteiger charge is -2.36. The Labute approximate surface area is 121 Å². The molecule has 0 bridgehead atoms. The molecule has 0 radical (unpaired) electrons. The van der Waals surface area contributed by atoms with Gasteiger partial charge in [-0.2, -0.15) is 0 Å². The predicted octanol–water partition coefficient (Wildman–Crippen LogP) is 1.56. The van der Waals surface area contributed by atoms with E-state index in [0.717, 1.165) is 31.0 Å². The molecule has 1 amide bonds. The molecule has 1 heterocycles. The van der Waals surface area contributed by atoms with E-state index in [0.29, 0.717) is 12.8 Å². The summed E-state index contributed by atoms with van der Waals surface area (Å²) >= 11 is 0. The smallest absolute Gasteiger partial charge is 0.236 e. The highest BCUT2D eigenvalue weighted by molar-refractivity contribution is 6.00. The Balaban J connectivity index is 1.94. The van der Waals surface area contributed by atoms with Crippen molar-refractivity contribution in [2.24, 2.45) is 11.1 Å². The Kier molecular flexibility index (Phi) is 3.45. The molecule has 1 saturated carbocycles. The number of carbonyl (C=O) groups is 1. The monoisotopic (exact) mass is 296 g/mol. The molecule has 1 aliphatic carbocycles. The van der Waals surface area contributed by atoms with Gasteiger partial charge >= 0.3 is 0 Å². The fourth-order valence-corrected chi connectivity index (χ4v) is 3.61. The van der Waals surface area contributed by atoms with E-state index in [2.05, 4.69) is 0 Å². The zero-order valence-electron chi connectivity index (χ0n) is 11.6. The third-order valence-electron chi connectivity index (χ3n) is 4.65. The number of nitrogens with zero attached hydrogens (tertiary/aromatic N) is 1. The van der Waals surface area contributed by atoms with Gasteiger partial charge in [0.25, 0.3) is 0 Å². The number of anilines is 1. The number of aliphatic hydroxyl groups excluding tert-OH is 1. The van der Waals surface area contributed by atoms with Gasteiger partial charge in [-0.05, 0) is 31.4 Å². The first-order chi connectivity index (χ1) is 9.92. The standard InChI is InChI=1S/C15H18F2N2O2/c16-9-4-10(17)6-12(5-9)19-8-13(20)15(14(19)21)3-1-2-11(18)7-15/h4-6,11,13,20H,1-3,7-8,18H2. The van der Waals surface area contributed by atoms with E-state index in [9.17, 15) is 18.7 Å². The van der Waals surface area contributed by atoms with Gasteiger partial charge in [0, 0.05) is 17.8 Å². The van der Waals surface area contributed by atoms with Crippen LogP contribution >= 0.6 is 0 Å². The minimum atomic E-state index is -0.902. The van der Waals surface area contributed by atoms with Gasteiger partial charge < -0.3 is 15.7 Å². The second kappa shape index (κ2) is 5.03. The summed E-state index contributed by atoms with van der Waals surface area (Å²) in [5.41, 5.74) is 5.19. The Morgan fingerprint density at radius 3 is 2.57 bits per heavy atom. The van der Waals surface area contributed by atoms with Gasteiger partial charge in [0.2, 0.25) is 5.91 Å². The highest BCUT2D eigenvalue weighted by Gasteiger charge is 2.55. The molecule has 3 unspecified atom stereocenters. The van der Waals surface area contributed by atoms with Crippen LogP contribution in [0.1, 0.15) is 25.7 Å². The first-order valence-electron chi connectivity index (χ1n) is 7.14. The first kappa shape index (κ1) is 14.4. The summed E-state index contributed by atoms with van der Waals surface area (Å²) in [6, 6.07) is 2.85. The molecule has 3 rings (SSSR count). The van der Waals surface area contributed by atoms with Gasteiger partial charge in [-0.15, -0.1) is 0 Å². The van der Waals surface area contributed by atoms with E-state index in [1.807, 2.05) is 0 Å². The van der Waals surface area contributed by atoms with Crippen molar-refractivity contribution < 1.29 is 18.7 Å². The molecular formula is C15H18F2N2O2. The van der Waals surface area contributed by atoms with Crippen LogP contribution in [-0.2, 0) is 4.79 Å². The van der Waals surface area contributed by atoms with Crippen molar-refractivity contribution in [3.63, 3.8) is 0 Å². The van der Waals surface area contributed by atoms with E-state index < -0.39 is 23.2 Å². The second-order valence-electron chi connectivity index (χ2n) is 6.07. The molecule has 1 aliphatic heterocycles. The summed E-state index contributed by atoms with van der Waals surface area (Å²) in [5.74, 6) is -1.77. The predicted molar refractivity (Wildman–Crippen MR) is 73.6 cm³/mol. The van der Waals surface area contributed by atoms with E-state index in [1.54, 1.807) is 0 Å². The van der Waals surface area contributed by atoms with E-state index in [-0.39, 0.29) is 24.2 Å². The van der Waals surface area contributed by atoms with Crippen molar-refractivity contribution >= 4 is 11.6 Å². The van der Waals surface area contributed by atoms with Crippen LogP contribution in [0.25, 0.3) is 0 Å². The number of halogens is 2. The lowest BCUT2D eigenvalue weighted by Crippen LogP contribution is -2.46. The van der Waals surface area contributed by atoms with Gasteiger partial charge in [0.15, 0.2) is 0 Å². The summed E-state index contributed by atoms with van der Waals surface area (Å²) in [6.45, 7) is 0.0500. The van der Waals surface area contributed by atoms with Crippen LogP contribution in [0.4, 0.5) is 14.5 Å². The van der Waals surface area contributed by atoms with E-state index in [4.69, 9.17) is 5.73 Å². The molecule has 6 heteroatoms. The van der Waals surface area contributed by atoms with E-state index >= 15 is 0 Å². The van der Waals surface area contributed by atoms with E-state index in [1.165, 1.54) is 4.90 Å². The molecule has 3 N–H and O–H groups in total. The van der Waals surface area contributed by atoms with Gasteiger partial charge in [-0.3, -0.25) is 4.79 Å². The van der Waals surface area contributed by atoms with Crippen molar-refractivity contribution in [3.05, 3.63) is 29.8 Å². The zero-order valence-corrected chi connectivity index (χ0v) is 11.6. The molecule has 0 aromatic heterocycles. The van der Waals surface area contributed by atoms with Crippen molar-refractivity contribution in [2.75, 3.05) is 11.4 Å². The minimum absolute atomic E-state index is 0.0500. The number of hydrogen-bond donors (Lipinski definition) is 2. The number of nitrogens with two attached hydrogens (primary N) is 1. The molecule has 114 valence electrons.